The zero-order valence-electron chi connectivity index (χ0n) is 43.8. The maximum absolute atomic E-state index is 14.4. The van der Waals surface area contributed by atoms with Gasteiger partial charge in [-0.2, -0.15) is 5.10 Å². The summed E-state index contributed by atoms with van der Waals surface area (Å²) >= 11 is 1.45. The Labute approximate surface area is 456 Å². The average molecular weight is 1070 g/mol. The molecule has 4 saturated carbocycles. The minimum absolute atomic E-state index is 0.162. The summed E-state index contributed by atoms with van der Waals surface area (Å²) in [7, 11) is 0. The van der Waals surface area contributed by atoms with Crippen LogP contribution >= 0.6 is 11.3 Å². The van der Waals surface area contributed by atoms with Crippen LogP contribution in [0.25, 0.3) is 21.3 Å². The highest BCUT2D eigenvalue weighted by atomic mass is 32.1. The Morgan fingerprint density at radius 2 is 1.56 bits per heavy atom. The van der Waals surface area contributed by atoms with Gasteiger partial charge in [0.15, 0.2) is 5.13 Å². The zero-order chi connectivity index (χ0) is 53.3. The molecule has 3 aromatic heterocycles. The molecular weight excluding hydrogens is 1010 g/mol. The van der Waals surface area contributed by atoms with E-state index in [1.807, 2.05) is 60.8 Å². The van der Waals surface area contributed by atoms with Crippen molar-refractivity contribution in [3.05, 3.63) is 124 Å². The fourth-order valence-electron chi connectivity index (χ4n) is 13.5. The lowest BCUT2D eigenvalue weighted by Gasteiger charge is -2.56. The highest BCUT2D eigenvalue weighted by Crippen LogP contribution is 2.60. The number of thiazole rings is 1. The number of ether oxygens (including phenoxy) is 3. The van der Waals surface area contributed by atoms with Gasteiger partial charge >= 0.3 is 0 Å². The highest BCUT2D eigenvalue weighted by molar-refractivity contribution is 7.22. The molecule has 4 bridgehead atoms. The molecule has 78 heavy (non-hydrogen) atoms. The maximum atomic E-state index is 14.4. The lowest BCUT2D eigenvalue weighted by atomic mass is 9.49. The van der Waals surface area contributed by atoms with Gasteiger partial charge in [0.25, 0.3) is 17.7 Å². The molecule has 13 rings (SSSR count). The molecule has 7 aliphatic rings. The van der Waals surface area contributed by atoms with Gasteiger partial charge in [-0.25, -0.2) is 9.97 Å². The number of carbonyl (C=O) groups is 5. The van der Waals surface area contributed by atoms with Crippen LogP contribution in [-0.4, -0.2) is 113 Å². The van der Waals surface area contributed by atoms with E-state index >= 15 is 0 Å². The maximum Gasteiger partial charge on any atom is 0.270 e. The van der Waals surface area contributed by atoms with Crippen LogP contribution in [0.5, 0.6) is 0 Å². The number of piperidine rings is 1. The fourth-order valence-corrected chi connectivity index (χ4v) is 14.3. The number of carbonyl (C=O) groups excluding carboxylic acids is 5. The van der Waals surface area contributed by atoms with Gasteiger partial charge in [0, 0.05) is 72.7 Å². The first-order valence-electron chi connectivity index (χ1n) is 27.4. The van der Waals surface area contributed by atoms with E-state index in [9.17, 15) is 24.0 Å². The van der Waals surface area contributed by atoms with Crippen molar-refractivity contribution >= 4 is 62.0 Å². The molecule has 1 atom stereocenters. The number of para-hydroxylation sites is 1. The van der Waals surface area contributed by atoms with Crippen LogP contribution < -0.4 is 20.9 Å². The van der Waals surface area contributed by atoms with Crippen molar-refractivity contribution in [1.29, 1.82) is 0 Å². The van der Waals surface area contributed by atoms with Gasteiger partial charge in [0.2, 0.25) is 11.8 Å². The molecule has 3 aliphatic heterocycles. The zero-order valence-corrected chi connectivity index (χ0v) is 44.6. The number of hydrogen-bond donors (Lipinski definition) is 3. The Morgan fingerprint density at radius 3 is 2.36 bits per heavy atom. The smallest absolute Gasteiger partial charge is 0.270 e. The second-order valence-corrected chi connectivity index (χ2v) is 22.9. The van der Waals surface area contributed by atoms with Crippen molar-refractivity contribution in [3.63, 3.8) is 0 Å². The SMILES string of the molecule is Cc1c(-c2ccc(N3CCc4cccc(C(=O)Nc5nc6ccccc6s5)c4C3)nc2C(=O)NCCOCCOCCOCC#Cc2cccc3c2CN(C2CCC(=O)NC2=O)C3=O)cnn1CC12CC3CC(CC(C3)C1)C2. The fraction of sp³-hybridized carbons (Fsp3) is 0.433. The first-order chi connectivity index (χ1) is 38.0. The molecule has 0 radical (unpaired) electrons. The summed E-state index contributed by atoms with van der Waals surface area (Å²) in [5.41, 5.74) is 8.68. The summed E-state index contributed by atoms with van der Waals surface area (Å²) in [6.07, 6.45) is 11.1. The first-order valence-corrected chi connectivity index (χ1v) is 28.2. The van der Waals surface area contributed by atoms with E-state index in [1.54, 1.807) is 12.1 Å². The summed E-state index contributed by atoms with van der Waals surface area (Å²) in [5, 5.41) is 14.0. The molecule has 6 aromatic rings. The summed E-state index contributed by atoms with van der Waals surface area (Å²) in [6.45, 7) is 6.37. The third-order valence-corrected chi connectivity index (χ3v) is 17.7. The topological polar surface area (TPSA) is 199 Å². The summed E-state index contributed by atoms with van der Waals surface area (Å²) in [4.78, 5) is 79.0. The van der Waals surface area contributed by atoms with Crippen LogP contribution in [0.1, 0.15) is 111 Å². The molecule has 1 saturated heterocycles. The number of amides is 5. The highest BCUT2D eigenvalue weighted by Gasteiger charge is 2.51. The van der Waals surface area contributed by atoms with Crippen LogP contribution in [0.2, 0.25) is 0 Å². The summed E-state index contributed by atoms with van der Waals surface area (Å²) < 4.78 is 20.5. The number of hydrogen-bond acceptors (Lipinski definition) is 13. The molecule has 3 N–H and O–H groups in total. The van der Waals surface area contributed by atoms with Gasteiger partial charge in [-0.1, -0.05) is 53.5 Å². The predicted molar refractivity (Wildman–Crippen MR) is 294 cm³/mol. The molecule has 0 spiro atoms. The van der Waals surface area contributed by atoms with Gasteiger partial charge in [-0.05, 0) is 141 Å². The normalized spacial score (nSPS) is 22.0. The number of aromatic nitrogens is 4. The third-order valence-electron chi connectivity index (χ3n) is 16.8. The number of anilines is 2. The lowest BCUT2D eigenvalue weighted by Crippen LogP contribution is -2.52. The van der Waals surface area contributed by atoms with Crippen molar-refractivity contribution in [2.24, 2.45) is 23.2 Å². The average Bonchev–Trinajstić information content (AvgIpc) is 4.22. The molecule has 5 fully saturated rings. The van der Waals surface area contributed by atoms with Crippen LogP contribution in [0.3, 0.4) is 0 Å². The van der Waals surface area contributed by atoms with Crippen molar-refractivity contribution in [2.75, 3.05) is 62.9 Å². The number of imide groups is 1. The van der Waals surface area contributed by atoms with E-state index < -0.39 is 11.9 Å². The molecular formula is C60H63N9O8S. The number of pyridine rings is 1. The molecule has 6 heterocycles. The van der Waals surface area contributed by atoms with Crippen LogP contribution in [0.4, 0.5) is 10.9 Å². The van der Waals surface area contributed by atoms with Gasteiger partial charge in [-0.3, -0.25) is 39.3 Å². The molecule has 3 aromatic carbocycles. The Balaban J connectivity index is 0.653. The second kappa shape index (κ2) is 22.2. The first kappa shape index (κ1) is 51.5. The van der Waals surface area contributed by atoms with E-state index in [2.05, 4.69) is 55.3 Å². The predicted octanol–water partition coefficient (Wildman–Crippen LogP) is 7.49. The molecule has 402 valence electrons. The van der Waals surface area contributed by atoms with Gasteiger partial charge in [-0.15, -0.1) is 0 Å². The molecule has 1 unspecified atom stereocenters. The van der Waals surface area contributed by atoms with Crippen molar-refractivity contribution < 1.29 is 38.2 Å². The largest absolute Gasteiger partial charge is 0.377 e. The minimum atomic E-state index is -0.686. The van der Waals surface area contributed by atoms with Gasteiger partial charge in [0.05, 0.1) is 49.4 Å². The van der Waals surface area contributed by atoms with E-state index in [0.29, 0.717) is 85.7 Å². The van der Waals surface area contributed by atoms with Crippen LogP contribution in [0.15, 0.2) is 79.0 Å². The Hall–Kier alpha value is -7.30. The third kappa shape index (κ3) is 10.7. The van der Waals surface area contributed by atoms with Gasteiger partial charge in [0.1, 0.15) is 24.2 Å². The van der Waals surface area contributed by atoms with Crippen molar-refractivity contribution in [1.82, 2.24) is 35.3 Å². The van der Waals surface area contributed by atoms with Crippen LogP contribution in [-0.2, 0) is 49.9 Å². The monoisotopic (exact) mass is 1070 g/mol. The quantitative estimate of drug-likeness (QED) is 0.0436. The van der Waals surface area contributed by atoms with E-state index in [0.717, 1.165) is 68.0 Å². The number of nitrogens with zero attached hydrogens (tertiary/aromatic N) is 6. The summed E-state index contributed by atoms with van der Waals surface area (Å²) in [5.74, 6) is 7.74. The standard InChI is InChI=1S/C60H63N9O8S/c1-37-46(33-62-69(37)36-60-30-38-27-39(31-60)29-40(28-38)32-60)43-14-16-52(67-20-18-42-8-4-10-44(47(42)34-67)55(71)66-59-63-49-12-2-3-13-51(49)78-59)64-54(43)57(73)61-19-22-76-24-26-77-25-23-75-21-6-9-41-7-5-11-45-48(41)35-68(58(45)74)50-15-17-53(70)65-56(50)72/h2-5,7-8,10-14,16,33,38-40,50H,15,17-32,34-36H2,1H3,(H,61,73)(H,63,66,71)(H,65,70,72). The van der Waals surface area contributed by atoms with Crippen molar-refractivity contribution in [3.8, 4) is 23.0 Å². The molecule has 17 nitrogen and oxygen atoms in total. The second-order valence-electron chi connectivity index (χ2n) is 21.9. The lowest BCUT2D eigenvalue weighted by molar-refractivity contribution is -0.136. The summed E-state index contributed by atoms with van der Waals surface area (Å²) in [6, 6.07) is 22.3. The Kier molecular flexibility index (Phi) is 14.7. The molecule has 18 heteroatoms. The Bertz CT molecular complexity index is 3330. The van der Waals surface area contributed by atoms with E-state index in [1.165, 1.54) is 54.8 Å². The van der Waals surface area contributed by atoms with E-state index in [4.69, 9.17) is 24.3 Å². The van der Waals surface area contributed by atoms with Gasteiger partial charge < -0.3 is 29.3 Å². The van der Waals surface area contributed by atoms with E-state index in [-0.39, 0.29) is 61.8 Å². The molecule has 4 aliphatic carbocycles. The number of nitrogens with one attached hydrogen (secondary N) is 3. The number of rotatable bonds is 18. The van der Waals surface area contributed by atoms with Crippen molar-refractivity contribution in [2.45, 2.75) is 90.4 Å². The van der Waals surface area contributed by atoms with Crippen LogP contribution in [0, 0.1) is 41.9 Å². The minimum Gasteiger partial charge on any atom is -0.377 e. The number of benzene rings is 3. The number of fused-ring (bicyclic) bond motifs is 3. The molecule has 5 amide bonds. The Morgan fingerprint density at radius 1 is 0.795 bits per heavy atom.